The molecule has 1 aliphatic heterocycles. The number of hydrogen-bond donors (Lipinski definition) is 1. The van der Waals surface area contributed by atoms with E-state index in [2.05, 4.69) is 29.4 Å². The second-order valence-electron chi connectivity index (χ2n) is 4.55. The highest BCUT2D eigenvalue weighted by molar-refractivity contribution is 4.91. The minimum absolute atomic E-state index is 0.00465. The third kappa shape index (κ3) is 3.26. The number of rotatable bonds is 6. The van der Waals surface area contributed by atoms with Gasteiger partial charge in [-0.25, -0.2) is 0 Å². The average molecular weight is 239 g/mol. The van der Waals surface area contributed by atoms with Gasteiger partial charge in [0.25, 0.3) is 0 Å². The Kier molecular flexibility index (Phi) is 4.50. The van der Waals surface area contributed by atoms with Crippen LogP contribution in [0.2, 0.25) is 0 Å². The molecule has 1 aliphatic rings. The predicted octanol–water partition coefficient (Wildman–Crippen LogP) is 1.71. The Morgan fingerprint density at radius 2 is 2.29 bits per heavy atom. The molecule has 0 aliphatic carbocycles. The molecule has 2 unspecified atom stereocenters. The first kappa shape index (κ1) is 12.5. The molecule has 2 heterocycles. The van der Waals surface area contributed by atoms with Gasteiger partial charge in [-0.2, -0.15) is 0 Å². The molecule has 1 aromatic rings. The maximum absolute atomic E-state index is 5.64. The SMILES string of the molecule is CCNCCCc1nnc(C2OCCC2C)o1. The second kappa shape index (κ2) is 6.12. The second-order valence-corrected chi connectivity index (χ2v) is 4.55. The Balaban J connectivity index is 1.83. The number of ether oxygens (including phenoxy) is 1. The summed E-state index contributed by atoms with van der Waals surface area (Å²) in [4.78, 5) is 0. The van der Waals surface area contributed by atoms with Gasteiger partial charge in [-0.15, -0.1) is 10.2 Å². The first-order valence-corrected chi connectivity index (χ1v) is 6.46. The van der Waals surface area contributed by atoms with Gasteiger partial charge in [0.05, 0.1) is 0 Å². The van der Waals surface area contributed by atoms with Crippen LogP contribution in [0.5, 0.6) is 0 Å². The zero-order chi connectivity index (χ0) is 12.1. The summed E-state index contributed by atoms with van der Waals surface area (Å²) < 4.78 is 11.2. The van der Waals surface area contributed by atoms with Crippen molar-refractivity contribution in [2.75, 3.05) is 19.7 Å². The van der Waals surface area contributed by atoms with E-state index >= 15 is 0 Å². The van der Waals surface area contributed by atoms with Crippen molar-refractivity contribution >= 4 is 0 Å². The monoisotopic (exact) mass is 239 g/mol. The van der Waals surface area contributed by atoms with Crippen LogP contribution in [-0.2, 0) is 11.2 Å². The molecule has 2 atom stereocenters. The Bertz CT molecular complexity index is 340. The van der Waals surface area contributed by atoms with E-state index in [9.17, 15) is 0 Å². The number of hydrogen-bond acceptors (Lipinski definition) is 5. The topological polar surface area (TPSA) is 60.2 Å². The van der Waals surface area contributed by atoms with E-state index in [1.807, 2.05) is 0 Å². The Hall–Kier alpha value is -0.940. The summed E-state index contributed by atoms with van der Waals surface area (Å²) in [6, 6.07) is 0. The van der Waals surface area contributed by atoms with Crippen LogP contribution >= 0.6 is 0 Å². The van der Waals surface area contributed by atoms with Crippen LogP contribution in [0.15, 0.2) is 4.42 Å². The minimum Gasteiger partial charge on any atom is -0.422 e. The van der Waals surface area contributed by atoms with Crippen molar-refractivity contribution in [3.8, 4) is 0 Å². The van der Waals surface area contributed by atoms with Crippen molar-refractivity contribution in [2.24, 2.45) is 5.92 Å². The quantitative estimate of drug-likeness (QED) is 0.766. The van der Waals surface area contributed by atoms with Crippen LogP contribution in [0.3, 0.4) is 0 Å². The van der Waals surface area contributed by atoms with E-state index in [4.69, 9.17) is 9.15 Å². The van der Waals surface area contributed by atoms with Crippen LogP contribution in [0, 0.1) is 5.92 Å². The van der Waals surface area contributed by atoms with E-state index in [1.54, 1.807) is 0 Å². The fourth-order valence-electron chi connectivity index (χ4n) is 2.04. The summed E-state index contributed by atoms with van der Waals surface area (Å²) in [6.45, 7) is 7.05. The van der Waals surface area contributed by atoms with Crippen molar-refractivity contribution in [3.63, 3.8) is 0 Å². The summed E-state index contributed by atoms with van der Waals surface area (Å²) in [5, 5.41) is 11.4. The van der Waals surface area contributed by atoms with E-state index in [-0.39, 0.29) is 6.10 Å². The molecule has 17 heavy (non-hydrogen) atoms. The van der Waals surface area contributed by atoms with Crippen LogP contribution in [-0.4, -0.2) is 29.9 Å². The molecule has 5 nitrogen and oxygen atoms in total. The Morgan fingerprint density at radius 3 is 3.00 bits per heavy atom. The highest BCUT2D eigenvalue weighted by Crippen LogP contribution is 2.33. The van der Waals surface area contributed by atoms with E-state index in [0.717, 1.165) is 44.8 Å². The average Bonchev–Trinajstić information content (AvgIpc) is 2.93. The standard InChI is InChI=1S/C12H21N3O2/c1-3-13-7-4-5-10-14-15-12(17-10)11-9(2)6-8-16-11/h9,11,13H,3-8H2,1-2H3. The minimum atomic E-state index is 0.00465. The molecule has 0 spiro atoms. The van der Waals surface area contributed by atoms with Crippen molar-refractivity contribution < 1.29 is 9.15 Å². The first-order valence-electron chi connectivity index (χ1n) is 6.46. The number of nitrogens with zero attached hydrogens (tertiary/aromatic N) is 2. The van der Waals surface area contributed by atoms with Gasteiger partial charge in [-0.3, -0.25) is 0 Å². The number of nitrogens with one attached hydrogen (secondary N) is 1. The molecule has 1 N–H and O–H groups in total. The zero-order valence-corrected chi connectivity index (χ0v) is 10.6. The highest BCUT2D eigenvalue weighted by Gasteiger charge is 2.30. The highest BCUT2D eigenvalue weighted by atomic mass is 16.5. The van der Waals surface area contributed by atoms with Crippen molar-refractivity contribution in [3.05, 3.63) is 11.8 Å². The van der Waals surface area contributed by atoms with Crippen LogP contribution < -0.4 is 5.32 Å². The summed E-state index contributed by atoms with van der Waals surface area (Å²) in [5.74, 6) is 1.85. The zero-order valence-electron chi connectivity index (χ0n) is 10.6. The van der Waals surface area contributed by atoms with Crippen LogP contribution in [0.25, 0.3) is 0 Å². The van der Waals surface area contributed by atoms with Gasteiger partial charge in [0.1, 0.15) is 6.10 Å². The van der Waals surface area contributed by atoms with Gasteiger partial charge in [0.2, 0.25) is 11.8 Å². The summed E-state index contributed by atoms with van der Waals surface area (Å²) in [6.07, 6.45) is 2.94. The largest absolute Gasteiger partial charge is 0.422 e. The third-order valence-corrected chi connectivity index (χ3v) is 3.11. The van der Waals surface area contributed by atoms with E-state index in [0.29, 0.717) is 11.8 Å². The molecule has 96 valence electrons. The first-order chi connectivity index (χ1) is 8.31. The number of aromatic nitrogens is 2. The maximum Gasteiger partial charge on any atom is 0.245 e. The van der Waals surface area contributed by atoms with Crippen molar-refractivity contribution in [2.45, 2.75) is 39.2 Å². The smallest absolute Gasteiger partial charge is 0.245 e. The molecular weight excluding hydrogens is 218 g/mol. The third-order valence-electron chi connectivity index (χ3n) is 3.11. The Morgan fingerprint density at radius 1 is 1.41 bits per heavy atom. The van der Waals surface area contributed by atoms with Gasteiger partial charge < -0.3 is 14.5 Å². The molecule has 1 aromatic heterocycles. The van der Waals surface area contributed by atoms with Crippen molar-refractivity contribution in [1.29, 1.82) is 0 Å². The summed E-state index contributed by atoms with van der Waals surface area (Å²) >= 11 is 0. The molecule has 2 rings (SSSR count). The van der Waals surface area contributed by atoms with Crippen LogP contribution in [0.4, 0.5) is 0 Å². The lowest BCUT2D eigenvalue weighted by molar-refractivity contribution is 0.0704. The lowest BCUT2D eigenvalue weighted by Gasteiger charge is -2.08. The van der Waals surface area contributed by atoms with E-state index < -0.39 is 0 Å². The molecule has 1 fully saturated rings. The van der Waals surface area contributed by atoms with Crippen LogP contribution in [0.1, 0.15) is 44.6 Å². The van der Waals surface area contributed by atoms with Gasteiger partial charge in [-0.05, 0) is 31.8 Å². The summed E-state index contributed by atoms with van der Waals surface area (Å²) in [5.41, 5.74) is 0. The summed E-state index contributed by atoms with van der Waals surface area (Å²) in [7, 11) is 0. The maximum atomic E-state index is 5.64. The predicted molar refractivity (Wildman–Crippen MR) is 63.6 cm³/mol. The molecule has 5 heteroatoms. The number of aryl methyl sites for hydroxylation is 1. The van der Waals surface area contributed by atoms with E-state index in [1.165, 1.54) is 0 Å². The molecular formula is C12H21N3O2. The lowest BCUT2D eigenvalue weighted by atomic mass is 10.0. The van der Waals surface area contributed by atoms with Gasteiger partial charge in [0, 0.05) is 13.0 Å². The lowest BCUT2D eigenvalue weighted by Crippen LogP contribution is -2.14. The fourth-order valence-corrected chi connectivity index (χ4v) is 2.04. The molecule has 0 radical (unpaired) electrons. The molecule has 0 aromatic carbocycles. The molecule has 0 bridgehead atoms. The molecule has 0 amide bonds. The normalized spacial score (nSPS) is 24.4. The fraction of sp³-hybridized carbons (Fsp3) is 0.833. The van der Waals surface area contributed by atoms with Gasteiger partial charge in [0.15, 0.2) is 0 Å². The van der Waals surface area contributed by atoms with Crippen molar-refractivity contribution in [1.82, 2.24) is 15.5 Å². The molecule has 0 saturated carbocycles. The Labute approximate surface area is 102 Å². The molecule has 1 saturated heterocycles. The van der Waals surface area contributed by atoms with Gasteiger partial charge in [-0.1, -0.05) is 13.8 Å². The van der Waals surface area contributed by atoms with Gasteiger partial charge >= 0.3 is 0 Å².